The molecule has 3 heteroatoms. The zero-order valence-electron chi connectivity index (χ0n) is 6.88. The zero-order chi connectivity index (χ0) is 8.97. The summed E-state index contributed by atoms with van der Waals surface area (Å²) in [4.78, 5) is 0.545. The lowest BCUT2D eigenvalue weighted by Gasteiger charge is -2.06. The highest BCUT2D eigenvalue weighted by molar-refractivity contribution is 7.80. The normalized spacial score (nSPS) is 9.92. The number of hydrogen-bond acceptors (Lipinski definition) is 2. The van der Waals surface area contributed by atoms with Crippen molar-refractivity contribution in [1.82, 2.24) is 0 Å². The summed E-state index contributed by atoms with van der Waals surface area (Å²) in [6.45, 7) is 2.65. The third-order valence-corrected chi connectivity index (χ3v) is 1.73. The molecular weight excluding hydrogens is 175 g/mol. The average molecular weight is 186 g/mol. The number of thiol groups is 1. The Morgan fingerprint density at radius 1 is 1.50 bits per heavy atom. The van der Waals surface area contributed by atoms with Crippen LogP contribution >= 0.6 is 12.6 Å². The first-order valence-electron chi connectivity index (χ1n) is 3.85. The van der Waals surface area contributed by atoms with Gasteiger partial charge in [-0.1, -0.05) is 6.92 Å². The van der Waals surface area contributed by atoms with Gasteiger partial charge in [0.05, 0.1) is 6.61 Å². The quantitative estimate of drug-likeness (QED) is 0.714. The Bertz CT molecular complexity index is 263. The summed E-state index contributed by atoms with van der Waals surface area (Å²) in [7, 11) is 0. The van der Waals surface area contributed by atoms with Gasteiger partial charge >= 0.3 is 0 Å². The molecule has 0 atom stereocenters. The summed E-state index contributed by atoms with van der Waals surface area (Å²) in [6, 6.07) is 4.30. The van der Waals surface area contributed by atoms with Crippen LogP contribution in [0.25, 0.3) is 0 Å². The van der Waals surface area contributed by atoms with Crippen LogP contribution < -0.4 is 4.74 Å². The molecule has 0 aliphatic heterocycles. The van der Waals surface area contributed by atoms with Crippen LogP contribution in [-0.2, 0) is 0 Å². The van der Waals surface area contributed by atoms with Crippen LogP contribution in [-0.4, -0.2) is 6.61 Å². The van der Waals surface area contributed by atoms with Crippen molar-refractivity contribution in [2.45, 2.75) is 18.2 Å². The van der Waals surface area contributed by atoms with Gasteiger partial charge in [-0.05, 0) is 24.6 Å². The molecule has 0 saturated heterocycles. The Hall–Kier alpha value is -0.700. The molecule has 1 nitrogen and oxygen atoms in total. The van der Waals surface area contributed by atoms with E-state index in [4.69, 9.17) is 4.74 Å². The summed E-state index contributed by atoms with van der Waals surface area (Å²) in [6.07, 6.45) is 0.935. The van der Waals surface area contributed by atoms with Crippen molar-refractivity contribution in [3.63, 3.8) is 0 Å². The fourth-order valence-corrected chi connectivity index (χ4v) is 1.09. The molecule has 0 bridgehead atoms. The fraction of sp³-hybridized carbons (Fsp3) is 0.333. The van der Waals surface area contributed by atoms with Gasteiger partial charge in [0.25, 0.3) is 0 Å². The third kappa shape index (κ3) is 2.41. The first-order chi connectivity index (χ1) is 5.74. The van der Waals surface area contributed by atoms with Gasteiger partial charge in [-0.25, -0.2) is 4.39 Å². The zero-order valence-corrected chi connectivity index (χ0v) is 7.77. The maximum atomic E-state index is 12.6. The van der Waals surface area contributed by atoms with Crippen molar-refractivity contribution in [2.75, 3.05) is 6.61 Å². The van der Waals surface area contributed by atoms with Gasteiger partial charge < -0.3 is 4.74 Å². The van der Waals surface area contributed by atoms with Crippen LogP contribution in [0.15, 0.2) is 23.1 Å². The minimum absolute atomic E-state index is 0.288. The van der Waals surface area contributed by atoms with E-state index in [1.165, 1.54) is 12.1 Å². The predicted molar refractivity (Wildman–Crippen MR) is 49.4 cm³/mol. The van der Waals surface area contributed by atoms with E-state index < -0.39 is 0 Å². The van der Waals surface area contributed by atoms with E-state index in [0.717, 1.165) is 6.42 Å². The highest BCUT2D eigenvalue weighted by Gasteiger charge is 2.00. The van der Waals surface area contributed by atoms with Crippen LogP contribution in [0.2, 0.25) is 0 Å². The monoisotopic (exact) mass is 186 g/mol. The minimum atomic E-state index is -0.288. The highest BCUT2D eigenvalue weighted by Crippen LogP contribution is 2.22. The molecule has 0 fully saturated rings. The van der Waals surface area contributed by atoms with Gasteiger partial charge in [-0.2, -0.15) is 0 Å². The van der Waals surface area contributed by atoms with Gasteiger partial charge in [0.15, 0.2) is 0 Å². The summed E-state index contributed by atoms with van der Waals surface area (Å²) >= 11 is 4.08. The maximum absolute atomic E-state index is 12.6. The molecule has 1 aromatic carbocycles. The van der Waals surface area contributed by atoms with Crippen LogP contribution in [0, 0.1) is 5.82 Å². The van der Waals surface area contributed by atoms with E-state index in [0.29, 0.717) is 17.3 Å². The predicted octanol–water partition coefficient (Wildman–Crippen LogP) is 2.90. The topological polar surface area (TPSA) is 9.23 Å². The largest absolute Gasteiger partial charge is 0.492 e. The second-order valence-electron chi connectivity index (χ2n) is 2.46. The van der Waals surface area contributed by atoms with Gasteiger partial charge in [0, 0.05) is 4.90 Å². The van der Waals surface area contributed by atoms with E-state index >= 15 is 0 Å². The van der Waals surface area contributed by atoms with E-state index in [-0.39, 0.29) is 5.82 Å². The number of ether oxygens (including phenoxy) is 1. The van der Waals surface area contributed by atoms with Crippen LogP contribution in [0.3, 0.4) is 0 Å². The molecule has 0 unspecified atom stereocenters. The summed E-state index contributed by atoms with van der Waals surface area (Å²) in [5, 5.41) is 0. The van der Waals surface area contributed by atoms with E-state index in [1.807, 2.05) is 6.92 Å². The second-order valence-corrected chi connectivity index (χ2v) is 2.94. The molecule has 1 rings (SSSR count). The lowest BCUT2D eigenvalue weighted by molar-refractivity contribution is 0.309. The second kappa shape index (κ2) is 4.36. The maximum Gasteiger partial charge on any atom is 0.132 e. The minimum Gasteiger partial charge on any atom is -0.492 e. The summed E-state index contributed by atoms with van der Waals surface area (Å²) < 4.78 is 17.9. The lowest BCUT2D eigenvalue weighted by atomic mass is 10.3. The Morgan fingerprint density at radius 2 is 2.25 bits per heavy atom. The molecule has 0 radical (unpaired) electrons. The molecule has 0 heterocycles. The molecular formula is C9H11FOS. The van der Waals surface area contributed by atoms with E-state index in [1.54, 1.807) is 6.07 Å². The Morgan fingerprint density at radius 3 is 2.83 bits per heavy atom. The van der Waals surface area contributed by atoms with E-state index in [2.05, 4.69) is 12.6 Å². The van der Waals surface area contributed by atoms with E-state index in [9.17, 15) is 4.39 Å². The number of hydrogen-bond donors (Lipinski definition) is 1. The number of rotatable bonds is 3. The van der Waals surface area contributed by atoms with Crippen molar-refractivity contribution in [2.24, 2.45) is 0 Å². The van der Waals surface area contributed by atoms with Gasteiger partial charge in [-0.3, -0.25) is 0 Å². The van der Waals surface area contributed by atoms with Crippen LogP contribution in [0.1, 0.15) is 13.3 Å². The number of benzene rings is 1. The molecule has 66 valence electrons. The van der Waals surface area contributed by atoms with Crippen molar-refractivity contribution in [3.05, 3.63) is 24.0 Å². The first-order valence-corrected chi connectivity index (χ1v) is 4.30. The van der Waals surface area contributed by atoms with Gasteiger partial charge in [-0.15, -0.1) is 12.6 Å². The van der Waals surface area contributed by atoms with Crippen LogP contribution in [0.4, 0.5) is 4.39 Å². The molecule has 0 aliphatic rings. The molecule has 0 saturated carbocycles. The average Bonchev–Trinajstić information content (AvgIpc) is 2.03. The van der Waals surface area contributed by atoms with Gasteiger partial charge in [0.2, 0.25) is 0 Å². The first kappa shape index (κ1) is 9.39. The molecule has 0 amide bonds. The third-order valence-electron chi connectivity index (χ3n) is 1.38. The van der Waals surface area contributed by atoms with Crippen molar-refractivity contribution < 1.29 is 9.13 Å². The van der Waals surface area contributed by atoms with Crippen molar-refractivity contribution in [1.29, 1.82) is 0 Å². The Kier molecular flexibility index (Phi) is 3.41. The fourth-order valence-electron chi connectivity index (χ4n) is 0.825. The Balaban J connectivity index is 2.72. The molecule has 12 heavy (non-hydrogen) atoms. The Labute approximate surface area is 77.0 Å². The van der Waals surface area contributed by atoms with Crippen LogP contribution in [0.5, 0.6) is 5.75 Å². The molecule has 1 aromatic rings. The highest BCUT2D eigenvalue weighted by atomic mass is 32.1. The molecule has 0 spiro atoms. The van der Waals surface area contributed by atoms with Crippen molar-refractivity contribution >= 4 is 12.6 Å². The molecule has 0 aromatic heterocycles. The lowest BCUT2D eigenvalue weighted by Crippen LogP contribution is -1.95. The summed E-state index contributed by atoms with van der Waals surface area (Å²) in [5.41, 5.74) is 0. The molecule has 0 aliphatic carbocycles. The number of halogens is 1. The SMILES string of the molecule is CCCOc1ccc(F)cc1S. The van der Waals surface area contributed by atoms with Crippen molar-refractivity contribution in [3.8, 4) is 5.75 Å². The summed E-state index contributed by atoms with van der Waals surface area (Å²) in [5.74, 6) is 0.352. The molecule has 0 N–H and O–H groups in total. The smallest absolute Gasteiger partial charge is 0.132 e. The standard InChI is InChI=1S/C9H11FOS/c1-2-5-11-8-4-3-7(10)6-9(8)12/h3-4,6,12H,2,5H2,1H3. The van der Waals surface area contributed by atoms with Gasteiger partial charge in [0.1, 0.15) is 11.6 Å².